The molecular weight excluding hydrogens is 216 g/mol. The van der Waals surface area contributed by atoms with Crippen molar-refractivity contribution in [1.29, 1.82) is 0 Å². The molecule has 1 aromatic rings. The fourth-order valence-corrected chi connectivity index (χ4v) is 1.51. The van der Waals surface area contributed by atoms with Crippen LogP contribution in [0.2, 0.25) is 0 Å². The van der Waals surface area contributed by atoms with Gasteiger partial charge in [-0.2, -0.15) is 0 Å². The van der Waals surface area contributed by atoms with Crippen LogP contribution in [-0.4, -0.2) is 29.2 Å². The molecule has 0 unspecified atom stereocenters. The molecule has 0 bridgehead atoms. The third kappa shape index (κ3) is 3.85. The Kier molecular flexibility index (Phi) is 4.69. The van der Waals surface area contributed by atoms with Gasteiger partial charge in [0.2, 0.25) is 0 Å². The quantitative estimate of drug-likeness (QED) is 0.752. The lowest BCUT2D eigenvalue weighted by Crippen LogP contribution is -2.35. The Bertz CT molecular complexity index is 406. The lowest BCUT2D eigenvalue weighted by atomic mass is 10.1. The van der Waals surface area contributed by atoms with Crippen molar-refractivity contribution in [3.05, 3.63) is 22.7 Å². The summed E-state index contributed by atoms with van der Waals surface area (Å²) in [5, 5.41) is 6.24. The van der Waals surface area contributed by atoms with Gasteiger partial charge in [0.15, 0.2) is 5.82 Å². The second kappa shape index (κ2) is 5.82. The molecule has 17 heavy (non-hydrogen) atoms. The van der Waals surface area contributed by atoms with Crippen molar-refractivity contribution in [2.45, 2.75) is 33.2 Å². The summed E-state index contributed by atoms with van der Waals surface area (Å²) in [5.74, 6) is 0.417. The lowest BCUT2D eigenvalue weighted by Gasteiger charge is -2.22. The molecule has 2 N–H and O–H groups in total. The third-order valence-electron chi connectivity index (χ3n) is 2.41. The fourth-order valence-electron chi connectivity index (χ4n) is 1.51. The first-order valence-corrected chi connectivity index (χ1v) is 5.99. The minimum Gasteiger partial charge on any atom is -0.364 e. The number of hydrogen-bond donors (Lipinski definition) is 2. The molecule has 0 saturated carbocycles. The van der Waals surface area contributed by atoms with Crippen molar-refractivity contribution in [2.24, 2.45) is 0 Å². The molecule has 5 heteroatoms. The van der Waals surface area contributed by atoms with E-state index in [0.29, 0.717) is 12.4 Å². The summed E-state index contributed by atoms with van der Waals surface area (Å²) in [6.07, 6.45) is 3.38. The molecule has 0 fully saturated rings. The summed E-state index contributed by atoms with van der Waals surface area (Å²) in [6, 6.07) is 0. The standard InChI is InChI=1S/C12H22N4O/c1-5-13-6-7-14-10-11(17)16(9-8-15-10)12(2,3)4/h8-9,13H,5-7H2,1-4H3,(H,14,15). The van der Waals surface area contributed by atoms with Gasteiger partial charge in [-0.1, -0.05) is 6.92 Å². The van der Waals surface area contributed by atoms with Crippen molar-refractivity contribution in [3.8, 4) is 0 Å². The van der Waals surface area contributed by atoms with Crippen LogP contribution in [-0.2, 0) is 5.54 Å². The normalized spacial score (nSPS) is 11.5. The van der Waals surface area contributed by atoms with E-state index in [9.17, 15) is 4.79 Å². The first-order valence-electron chi connectivity index (χ1n) is 5.99. The Labute approximate surface area is 102 Å². The Hall–Kier alpha value is -1.36. The van der Waals surface area contributed by atoms with E-state index in [-0.39, 0.29) is 11.1 Å². The summed E-state index contributed by atoms with van der Waals surface area (Å²) in [4.78, 5) is 16.2. The van der Waals surface area contributed by atoms with E-state index in [4.69, 9.17) is 0 Å². The number of hydrogen-bond acceptors (Lipinski definition) is 4. The number of nitrogens with zero attached hydrogens (tertiary/aromatic N) is 2. The highest BCUT2D eigenvalue weighted by Crippen LogP contribution is 2.10. The molecule has 0 amide bonds. The molecule has 1 aromatic heterocycles. The second-order valence-corrected chi connectivity index (χ2v) is 4.90. The van der Waals surface area contributed by atoms with Gasteiger partial charge in [-0.15, -0.1) is 0 Å². The highest BCUT2D eigenvalue weighted by Gasteiger charge is 2.16. The largest absolute Gasteiger partial charge is 0.364 e. The molecule has 0 spiro atoms. The first-order chi connectivity index (χ1) is 7.96. The van der Waals surface area contributed by atoms with Crippen molar-refractivity contribution >= 4 is 5.82 Å². The molecule has 0 aliphatic heterocycles. The Morgan fingerprint density at radius 1 is 1.35 bits per heavy atom. The fraction of sp³-hybridized carbons (Fsp3) is 0.667. The molecular formula is C12H22N4O. The number of rotatable bonds is 5. The molecule has 0 aliphatic rings. The second-order valence-electron chi connectivity index (χ2n) is 4.90. The number of nitrogens with one attached hydrogen (secondary N) is 2. The van der Waals surface area contributed by atoms with Crippen LogP contribution < -0.4 is 16.2 Å². The lowest BCUT2D eigenvalue weighted by molar-refractivity contribution is 0.383. The zero-order valence-corrected chi connectivity index (χ0v) is 11.1. The SMILES string of the molecule is CCNCCNc1nccn(C(C)(C)C)c1=O. The molecule has 0 saturated heterocycles. The van der Waals surface area contributed by atoms with Crippen LogP contribution in [0.3, 0.4) is 0 Å². The maximum Gasteiger partial charge on any atom is 0.293 e. The van der Waals surface area contributed by atoms with Crippen LogP contribution in [0, 0.1) is 0 Å². The van der Waals surface area contributed by atoms with Gasteiger partial charge in [-0.05, 0) is 27.3 Å². The summed E-state index contributed by atoms with van der Waals surface area (Å²) in [7, 11) is 0. The number of aromatic nitrogens is 2. The van der Waals surface area contributed by atoms with E-state index in [1.54, 1.807) is 17.0 Å². The molecule has 5 nitrogen and oxygen atoms in total. The van der Waals surface area contributed by atoms with Gasteiger partial charge in [-0.25, -0.2) is 4.98 Å². The molecule has 0 atom stereocenters. The first kappa shape index (κ1) is 13.7. The molecule has 0 aliphatic carbocycles. The average molecular weight is 238 g/mol. The van der Waals surface area contributed by atoms with Crippen molar-refractivity contribution in [3.63, 3.8) is 0 Å². The summed E-state index contributed by atoms with van der Waals surface area (Å²) >= 11 is 0. The minimum atomic E-state index is -0.224. The monoisotopic (exact) mass is 238 g/mol. The Balaban J connectivity index is 2.78. The van der Waals surface area contributed by atoms with Gasteiger partial charge in [0, 0.05) is 31.0 Å². The van der Waals surface area contributed by atoms with Gasteiger partial charge in [0.05, 0.1) is 0 Å². The van der Waals surface area contributed by atoms with Gasteiger partial charge >= 0.3 is 0 Å². The van der Waals surface area contributed by atoms with Crippen LogP contribution in [0.5, 0.6) is 0 Å². The molecule has 0 aromatic carbocycles. The molecule has 1 heterocycles. The predicted molar refractivity (Wildman–Crippen MR) is 70.5 cm³/mol. The van der Waals surface area contributed by atoms with E-state index >= 15 is 0 Å². The van der Waals surface area contributed by atoms with E-state index < -0.39 is 0 Å². The molecule has 1 rings (SSSR count). The van der Waals surface area contributed by atoms with E-state index in [0.717, 1.165) is 13.1 Å². The Morgan fingerprint density at radius 2 is 2.06 bits per heavy atom. The van der Waals surface area contributed by atoms with Crippen LogP contribution >= 0.6 is 0 Å². The topological polar surface area (TPSA) is 59.0 Å². The number of anilines is 1. The van der Waals surface area contributed by atoms with Crippen molar-refractivity contribution < 1.29 is 0 Å². The smallest absolute Gasteiger partial charge is 0.293 e. The zero-order chi connectivity index (χ0) is 12.9. The van der Waals surface area contributed by atoms with E-state index in [1.165, 1.54) is 0 Å². The van der Waals surface area contributed by atoms with Crippen LogP contribution in [0.25, 0.3) is 0 Å². The van der Waals surface area contributed by atoms with Crippen LogP contribution in [0.1, 0.15) is 27.7 Å². The maximum absolute atomic E-state index is 12.1. The highest BCUT2D eigenvalue weighted by atomic mass is 16.1. The number of likely N-dealkylation sites (N-methyl/N-ethyl adjacent to an activating group) is 1. The highest BCUT2D eigenvalue weighted by molar-refractivity contribution is 5.31. The minimum absolute atomic E-state index is 0.0727. The van der Waals surface area contributed by atoms with E-state index in [1.807, 2.05) is 27.7 Å². The van der Waals surface area contributed by atoms with Crippen LogP contribution in [0.4, 0.5) is 5.82 Å². The Morgan fingerprint density at radius 3 is 2.65 bits per heavy atom. The van der Waals surface area contributed by atoms with Gasteiger partial charge in [0.25, 0.3) is 5.56 Å². The van der Waals surface area contributed by atoms with Crippen molar-refractivity contribution in [2.75, 3.05) is 25.0 Å². The summed E-state index contributed by atoms with van der Waals surface area (Å²) in [5.41, 5.74) is -0.297. The van der Waals surface area contributed by atoms with Crippen molar-refractivity contribution in [1.82, 2.24) is 14.9 Å². The van der Waals surface area contributed by atoms with Gasteiger partial charge in [0.1, 0.15) is 0 Å². The van der Waals surface area contributed by atoms with Gasteiger partial charge < -0.3 is 15.2 Å². The predicted octanol–water partition coefficient (Wildman–Crippen LogP) is 1.02. The molecule has 96 valence electrons. The third-order valence-corrected chi connectivity index (χ3v) is 2.41. The molecule has 0 radical (unpaired) electrons. The van der Waals surface area contributed by atoms with E-state index in [2.05, 4.69) is 15.6 Å². The summed E-state index contributed by atoms with van der Waals surface area (Å²) < 4.78 is 1.69. The summed E-state index contributed by atoms with van der Waals surface area (Å²) in [6.45, 7) is 10.5. The van der Waals surface area contributed by atoms with Gasteiger partial charge in [-0.3, -0.25) is 4.79 Å². The zero-order valence-electron chi connectivity index (χ0n) is 11.1. The average Bonchev–Trinajstić information content (AvgIpc) is 2.25. The van der Waals surface area contributed by atoms with Crippen LogP contribution in [0.15, 0.2) is 17.2 Å². The maximum atomic E-state index is 12.1.